The summed E-state index contributed by atoms with van der Waals surface area (Å²) in [5, 5.41) is 0. The maximum atomic E-state index is 4.01. The minimum absolute atomic E-state index is 1.02. The Morgan fingerprint density at radius 2 is 1.75 bits per heavy atom. The van der Waals surface area contributed by atoms with Crippen molar-refractivity contribution in [3.05, 3.63) is 24.3 Å². The Balaban J connectivity index is 2.29. The van der Waals surface area contributed by atoms with Crippen LogP contribution < -0.4 is 0 Å². The molecule has 1 saturated heterocycles. The van der Waals surface area contributed by atoms with Crippen LogP contribution in [0.2, 0.25) is 0 Å². The lowest BCUT2D eigenvalue weighted by atomic mass is 10.1. The summed E-state index contributed by atoms with van der Waals surface area (Å²) < 4.78 is 0. The zero-order valence-electron chi connectivity index (χ0n) is 8.10. The van der Waals surface area contributed by atoms with Crippen molar-refractivity contribution in [2.45, 2.75) is 26.2 Å². The molecule has 0 aromatic carbocycles. The van der Waals surface area contributed by atoms with Crippen molar-refractivity contribution in [1.29, 1.82) is 0 Å². The van der Waals surface area contributed by atoms with Crippen LogP contribution in [-0.4, -0.2) is 24.5 Å². The highest BCUT2D eigenvalue weighted by Crippen LogP contribution is 2.12. The third-order valence-corrected chi connectivity index (χ3v) is 2.47. The molecule has 1 heteroatoms. The monoisotopic (exact) mass is 165 g/mol. The van der Waals surface area contributed by atoms with Gasteiger partial charge < -0.3 is 0 Å². The van der Waals surface area contributed by atoms with E-state index < -0.39 is 0 Å². The van der Waals surface area contributed by atoms with Gasteiger partial charge >= 0.3 is 0 Å². The van der Waals surface area contributed by atoms with Crippen LogP contribution >= 0.6 is 0 Å². The topological polar surface area (TPSA) is 3.24 Å². The van der Waals surface area contributed by atoms with Crippen molar-refractivity contribution in [3.63, 3.8) is 0 Å². The molecule has 0 aromatic rings. The maximum Gasteiger partial charge on any atom is 0.0230 e. The molecule has 0 aromatic heterocycles. The summed E-state index contributed by atoms with van der Waals surface area (Å²) in [5.74, 6) is 0. The molecule has 0 atom stereocenters. The van der Waals surface area contributed by atoms with Gasteiger partial charge in [-0.2, -0.15) is 0 Å². The van der Waals surface area contributed by atoms with Crippen LogP contribution in [0.15, 0.2) is 24.3 Å². The van der Waals surface area contributed by atoms with Gasteiger partial charge in [-0.25, -0.2) is 0 Å². The SMILES string of the molecule is C=C(C)C(=C)CN1CCCCC1. The molecule has 0 unspecified atom stereocenters. The fourth-order valence-electron chi connectivity index (χ4n) is 1.52. The Morgan fingerprint density at radius 1 is 1.17 bits per heavy atom. The third-order valence-electron chi connectivity index (χ3n) is 2.47. The van der Waals surface area contributed by atoms with E-state index in [1.54, 1.807) is 0 Å². The molecular weight excluding hydrogens is 146 g/mol. The van der Waals surface area contributed by atoms with E-state index in [9.17, 15) is 0 Å². The number of nitrogens with zero attached hydrogens (tertiary/aromatic N) is 1. The van der Waals surface area contributed by atoms with Gasteiger partial charge in [0.1, 0.15) is 0 Å². The van der Waals surface area contributed by atoms with Crippen molar-refractivity contribution in [3.8, 4) is 0 Å². The molecule has 1 fully saturated rings. The number of hydrogen-bond acceptors (Lipinski definition) is 1. The summed E-state index contributed by atoms with van der Waals surface area (Å²) in [6.45, 7) is 13.4. The Labute approximate surface area is 75.8 Å². The van der Waals surface area contributed by atoms with E-state index in [-0.39, 0.29) is 0 Å². The van der Waals surface area contributed by atoms with Gasteiger partial charge in [0.25, 0.3) is 0 Å². The van der Waals surface area contributed by atoms with Crippen LogP contribution in [0.4, 0.5) is 0 Å². The highest BCUT2D eigenvalue weighted by Gasteiger charge is 2.10. The van der Waals surface area contributed by atoms with Crippen LogP contribution in [-0.2, 0) is 0 Å². The number of piperidine rings is 1. The number of rotatable bonds is 3. The second-order valence-corrected chi connectivity index (χ2v) is 3.72. The van der Waals surface area contributed by atoms with Crippen LogP contribution in [0, 0.1) is 0 Å². The van der Waals surface area contributed by atoms with E-state index in [1.165, 1.54) is 37.9 Å². The number of likely N-dealkylation sites (tertiary alicyclic amines) is 1. The summed E-state index contributed by atoms with van der Waals surface area (Å²) in [6, 6.07) is 0. The first kappa shape index (κ1) is 9.53. The zero-order chi connectivity index (χ0) is 8.97. The smallest absolute Gasteiger partial charge is 0.0230 e. The van der Waals surface area contributed by atoms with Gasteiger partial charge in [0.05, 0.1) is 0 Å². The fourth-order valence-corrected chi connectivity index (χ4v) is 1.52. The molecule has 1 aliphatic heterocycles. The van der Waals surface area contributed by atoms with Gasteiger partial charge in [0, 0.05) is 6.54 Å². The lowest BCUT2D eigenvalue weighted by molar-refractivity contribution is 0.248. The molecule has 0 spiro atoms. The van der Waals surface area contributed by atoms with Gasteiger partial charge in [-0.1, -0.05) is 25.2 Å². The standard InChI is InChI=1S/C11H19N/c1-10(2)11(3)9-12-7-5-4-6-8-12/h1,3-9H2,2H3. The molecule has 0 saturated carbocycles. The minimum Gasteiger partial charge on any atom is -0.299 e. The predicted octanol–water partition coefficient (Wildman–Crippen LogP) is 2.60. The predicted molar refractivity (Wildman–Crippen MR) is 54.2 cm³/mol. The van der Waals surface area contributed by atoms with Crippen LogP contribution in [0.3, 0.4) is 0 Å². The van der Waals surface area contributed by atoms with E-state index in [0.717, 1.165) is 12.1 Å². The van der Waals surface area contributed by atoms with E-state index in [1.807, 2.05) is 6.92 Å². The van der Waals surface area contributed by atoms with Gasteiger partial charge in [-0.15, -0.1) is 0 Å². The molecule has 68 valence electrons. The first-order valence-electron chi connectivity index (χ1n) is 4.76. The average molecular weight is 165 g/mol. The van der Waals surface area contributed by atoms with E-state index >= 15 is 0 Å². The Bertz CT molecular complexity index is 175. The normalized spacial score (nSPS) is 19.1. The van der Waals surface area contributed by atoms with Crippen LogP contribution in [0.5, 0.6) is 0 Å². The van der Waals surface area contributed by atoms with Gasteiger partial charge in [-0.05, 0) is 38.4 Å². The Morgan fingerprint density at radius 3 is 2.25 bits per heavy atom. The fraction of sp³-hybridized carbons (Fsp3) is 0.636. The molecule has 12 heavy (non-hydrogen) atoms. The lowest BCUT2D eigenvalue weighted by Gasteiger charge is -2.27. The van der Waals surface area contributed by atoms with E-state index in [2.05, 4.69) is 18.1 Å². The largest absolute Gasteiger partial charge is 0.299 e. The van der Waals surface area contributed by atoms with Crippen LogP contribution in [0.25, 0.3) is 0 Å². The molecule has 1 nitrogen and oxygen atoms in total. The molecule has 0 radical (unpaired) electrons. The second kappa shape index (κ2) is 4.46. The van der Waals surface area contributed by atoms with Crippen molar-refractivity contribution in [2.75, 3.05) is 19.6 Å². The second-order valence-electron chi connectivity index (χ2n) is 3.72. The molecule has 1 heterocycles. The summed E-state index contributed by atoms with van der Waals surface area (Å²) in [7, 11) is 0. The first-order chi connectivity index (χ1) is 5.70. The molecule has 0 amide bonds. The summed E-state index contributed by atoms with van der Waals surface area (Å²) in [5.41, 5.74) is 2.32. The van der Waals surface area contributed by atoms with Crippen molar-refractivity contribution in [2.24, 2.45) is 0 Å². The van der Waals surface area contributed by atoms with Gasteiger partial charge in [0.15, 0.2) is 0 Å². The van der Waals surface area contributed by atoms with E-state index in [4.69, 9.17) is 0 Å². The maximum absolute atomic E-state index is 4.01. The Kier molecular flexibility index (Phi) is 3.54. The molecule has 0 N–H and O–H groups in total. The molecular formula is C11H19N. The molecule has 0 bridgehead atoms. The minimum atomic E-state index is 1.02. The van der Waals surface area contributed by atoms with Crippen LogP contribution in [0.1, 0.15) is 26.2 Å². The summed E-state index contributed by atoms with van der Waals surface area (Å²) >= 11 is 0. The average Bonchev–Trinajstić information content (AvgIpc) is 2.06. The quantitative estimate of drug-likeness (QED) is 0.581. The Hall–Kier alpha value is -0.560. The highest BCUT2D eigenvalue weighted by molar-refractivity contribution is 5.24. The molecule has 1 rings (SSSR count). The van der Waals surface area contributed by atoms with Crippen molar-refractivity contribution < 1.29 is 0 Å². The molecule has 0 aliphatic carbocycles. The molecule has 1 aliphatic rings. The van der Waals surface area contributed by atoms with Gasteiger partial charge in [-0.3, -0.25) is 4.90 Å². The zero-order valence-corrected chi connectivity index (χ0v) is 8.10. The van der Waals surface area contributed by atoms with Crippen molar-refractivity contribution >= 4 is 0 Å². The summed E-state index contributed by atoms with van der Waals surface area (Å²) in [4.78, 5) is 2.47. The van der Waals surface area contributed by atoms with Gasteiger partial charge in [0.2, 0.25) is 0 Å². The number of hydrogen-bond donors (Lipinski definition) is 0. The van der Waals surface area contributed by atoms with E-state index in [0.29, 0.717) is 0 Å². The summed E-state index contributed by atoms with van der Waals surface area (Å²) in [6.07, 6.45) is 4.10. The third kappa shape index (κ3) is 2.82. The lowest BCUT2D eigenvalue weighted by Crippen LogP contribution is -2.31. The highest BCUT2D eigenvalue weighted by atomic mass is 15.1. The van der Waals surface area contributed by atoms with Crippen molar-refractivity contribution in [1.82, 2.24) is 4.90 Å². The first-order valence-corrected chi connectivity index (χ1v) is 4.76.